The minimum absolute atomic E-state index is 0.138. The lowest BCUT2D eigenvalue weighted by Crippen LogP contribution is -2.52. The van der Waals surface area contributed by atoms with Crippen LogP contribution in [0, 0.1) is 0 Å². The van der Waals surface area contributed by atoms with Gasteiger partial charge in [-0.05, 0) is 31.2 Å². The highest BCUT2D eigenvalue weighted by Gasteiger charge is 2.23. The van der Waals surface area contributed by atoms with E-state index >= 15 is 0 Å². The number of benzene rings is 1. The molecule has 24 heavy (non-hydrogen) atoms. The second kappa shape index (κ2) is 7.96. The van der Waals surface area contributed by atoms with Crippen LogP contribution in [-0.2, 0) is 17.8 Å². The molecule has 1 atom stereocenters. The topological polar surface area (TPSA) is 54.5 Å². The molecule has 0 unspecified atom stereocenters. The maximum Gasteiger partial charge on any atom is 0.228 e. The van der Waals surface area contributed by atoms with Crippen LogP contribution in [0.1, 0.15) is 17.6 Å². The summed E-state index contributed by atoms with van der Waals surface area (Å²) >= 11 is 7.37. The van der Waals surface area contributed by atoms with Crippen LogP contribution < -0.4 is 10.1 Å². The minimum Gasteiger partial charge on any atom is -0.486 e. The zero-order valence-corrected chi connectivity index (χ0v) is 15.1. The minimum atomic E-state index is 0.138. The Morgan fingerprint density at radius 1 is 1.46 bits per heavy atom. The number of rotatable bonds is 5. The summed E-state index contributed by atoms with van der Waals surface area (Å²) in [5.41, 5.74) is 0.811. The van der Waals surface area contributed by atoms with Crippen LogP contribution >= 0.6 is 22.9 Å². The monoisotopic (exact) mass is 365 g/mol. The van der Waals surface area contributed by atoms with E-state index in [0.29, 0.717) is 18.1 Å². The standard InChI is InChI=1S/C17H20ClN3O2S/c1-12-9-19-6-7-21(12)17(22)8-14-11-24-16(20-14)10-23-15-4-2-13(18)3-5-15/h2-5,11-12,19H,6-10H2,1H3/t12-/m0/s1. The normalized spacial score (nSPS) is 17.8. The van der Waals surface area contributed by atoms with Gasteiger partial charge in [0, 0.05) is 36.1 Å². The number of hydrogen-bond donors (Lipinski definition) is 1. The molecule has 0 aliphatic carbocycles. The van der Waals surface area contributed by atoms with Gasteiger partial charge in [-0.2, -0.15) is 0 Å². The first-order valence-electron chi connectivity index (χ1n) is 7.93. The molecule has 2 aromatic rings. The average molecular weight is 366 g/mol. The van der Waals surface area contributed by atoms with Gasteiger partial charge < -0.3 is 15.0 Å². The summed E-state index contributed by atoms with van der Waals surface area (Å²) in [6.45, 7) is 4.92. The Hall–Kier alpha value is -1.63. The van der Waals surface area contributed by atoms with Gasteiger partial charge in [0.25, 0.3) is 0 Å². The SMILES string of the molecule is C[C@H]1CNCCN1C(=O)Cc1csc(COc2ccc(Cl)cc2)n1. The Kier molecular flexibility index (Phi) is 5.71. The Morgan fingerprint density at radius 3 is 3.00 bits per heavy atom. The molecule has 1 N–H and O–H groups in total. The number of nitrogens with one attached hydrogen (secondary N) is 1. The van der Waals surface area contributed by atoms with E-state index in [0.717, 1.165) is 36.1 Å². The van der Waals surface area contributed by atoms with Crippen molar-refractivity contribution < 1.29 is 9.53 Å². The van der Waals surface area contributed by atoms with Crippen LogP contribution in [0.25, 0.3) is 0 Å². The number of thiazole rings is 1. The van der Waals surface area contributed by atoms with Crippen molar-refractivity contribution in [3.05, 3.63) is 45.4 Å². The number of piperazine rings is 1. The predicted molar refractivity (Wildman–Crippen MR) is 95.6 cm³/mol. The van der Waals surface area contributed by atoms with Gasteiger partial charge in [0.05, 0.1) is 12.1 Å². The molecule has 0 bridgehead atoms. The van der Waals surface area contributed by atoms with E-state index in [2.05, 4.69) is 17.2 Å². The Balaban J connectivity index is 1.53. The molecule has 1 aliphatic heterocycles. The van der Waals surface area contributed by atoms with Crippen LogP contribution in [0.5, 0.6) is 5.75 Å². The van der Waals surface area contributed by atoms with Crippen molar-refractivity contribution in [2.75, 3.05) is 19.6 Å². The molecule has 1 saturated heterocycles. The number of carbonyl (C=O) groups is 1. The number of aromatic nitrogens is 1. The number of nitrogens with zero attached hydrogens (tertiary/aromatic N) is 2. The summed E-state index contributed by atoms with van der Waals surface area (Å²) in [6, 6.07) is 7.46. The maximum atomic E-state index is 12.4. The van der Waals surface area contributed by atoms with Gasteiger partial charge in [-0.3, -0.25) is 4.79 Å². The van der Waals surface area contributed by atoms with Crippen LogP contribution in [0.15, 0.2) is 29.6 Å². The smallest absolute Gasteiger partial charge is 0.228 e. The van der Waals surface area contributed by atoms with E-state index in [1.165, 1.54) is 11.3 Å². The quantitative estimate of drug-likeness (QED) is 0.885. The fourth-order valence-corrected chi connectivity index (χ4v) is 3.47. The van der Waals surface area contributed by atoms with Gasteiger partial charge in [0.15, 0.2) is 0 Å². The fraction of sp³-hybridized carbons (Fsp3) is 0.412. The summed E-state index contributed by atoms with van der Waals surface area (Å²) in [5, 5.41) is 6.77. The Morgan fingerprint density at radius 2 is 2.25 bits per heavy atom. The third kappa shape index (κ3) is 4.47. The van der Waals surface area contributed by atoms with Crippen molar-refractivity contribution >= 4 is 28.8 Å². The van der Waals surface area contributed by atoms with Crippen molar-refractivity contribution in [1.82, 2.24) is 15.2 Å². The van der Waals surface area contributed by atoms with Crippen molar-refractivity contribution in [2.45, 2.75) is 26.0 Å². The zero-order chi connectivity index (χ0) is 16.9. The first-order valence-corrected chi connectivity index (χ1v) is 9.19. The predicted octanol–water partition coefficient (Wildman–Crippen LogP) is 2.74. The lowest BCUT2D eigenvalue weighted by Gasteiger charge is -2.33. The van der Waals surface area contributed by atoms with E-state index < -0.39 is 0 Å². The van der Waals surface area contributed by atoms with Crippen molar-refractivity contribution in [1.29, 1.82) is 0 Å². The van der Waals surface area contributed by atoms with E-state index in [9.17, 15) is 4.79 Å². The van der Waals surface area contributed by atoms with Gasteiger partial charge in [0.2, 0.25) is 5.91 Å². The highest BCUT2D eigenvalue weighted by atomic mass is 35.5. The first-order chi connectivity index (χ1) is 11.6. The molecule has 3 rings (SSSR count). The Labute approximate surface area is 150 Å². The number of ether oxygens (including phenoxy) is 1. The van der Waals surface area contributed by atoms with Gasteiger partial charge >= 0.3 is 0 Å². The molecule has 2 heterocycles. The molecule has 5 nitrogen and oxygen atoms in total. The summed E-state index contributed by atoms with van der Waals surface area (Å²) in [6.07, 6.45) is 0.349. The van der Waals surface area contributed by atoms with Crippen molar-refractivity contribution in [3.63, 3.8) is 0 Å². The largest absolute Gasteiger partial charge is 0.486 e. The molecule has 0 spiro atoms. The van der Waals surface area contributed by atoms with Gasteiger partial charge in [-0.1, -0.05) is 11.6 Å². The van der Waals surface area contributed by atoms with Crippen LogP contribution in [0.2, 0.25) is 5.02 Å². The van der Waals surface area contributed by atoms with Gasteiger partial charge in [-0.15, -0.1) is 11.3 Å². The third-order valence-corrected chi connectivity index (χ3v) is 5.05. The number of carbonyl (C=O) groups excluding carboxylic acids is 1. The second-order valence-electron chi connectivity index (χ2n) is 5.79. The molecule has 1 aliphatic rings. The molecule has 7 heteroatoms. The summed E-state index contributed by atoms with van der Waals surface area (Å²) in [5.74, 6) is 0.890. The van der Waals surface area contributed by atoms with Crippen LogP contribution in [0.4, 0.5) is 0 Å². The molecule has 0 saturated carbocycles. The molecule has 1 amide bonds. The second-order valence-corrected chi connectivity index (χ2v) is 7.17. The van der Waals surface area contributed by atoms with E-state index in [1.54, 1.807) is 12.1 Å². The third-order valence-electron chi connectivity index (χ3n) is 3.93. The average Bonchev–Trinajstić information content (AvgIpc) is 3.02. The molecule has 1 fully saturated rings. The highest BCUT2D eigenvalue weighted by molar-refractivity contribution is 7.09. The Bertz CT molecular complexity index is 689. The fourth-order valence-electron chi connectivity index (χ4n) is 2.64. The highest BCUT2D eigenvalue weighted by Crippen LogP contribution is 2.18. The maximum absolute atomic E-state index is 12.4. The number of amides is 1. The molecule has 0 radical (unpaired) electrons. The number of hydrogen-bond acceptors (Lipinski definition) is 5. The van der Waals surface area contributed by atoms with Gasteiger partial charge in [-0.25, -0.2) is 4.98 Å². The summed E-state index contributed by atoms with van der Waals surface area (Å²) < 4.78 is 5.68. The van der Waals surface area contributed by atoms with Gasteiger partial charge in [0.1, 0.15) is 17.4 Å². The van der Waals surface area contributed by atoms with Crippen molar-refractivity contribution in [3.8, 4) is 5.75 Å². The van der Waals surface area contributed by atoms with E-state index in [1.807, 2.05) is 22.4 Å². The molecule has 1 aromatic heterocycles. The lowest BCUT2D eigenvalue weighted by molar-refractivity contribution is -0.133. The van der Waals surface area contributed by atoms with E-state index in [4.69, 9.17) is 16.3 Å². The zero-order valence-electron chi connectivity index (χ0n) is 13.5. The summed E-state index contributed by atoms with van der Waals surface area (Å²) in [7, 11) is 0. The molecule has 1 aromatic carbocycles. The van der Waals surface area contributed by atoms with E-state index in [-0.39, 0.29) is 11.9 Å². The molecular formula is C17H20ClN3O2S. The lowest BCUT2D eigenvalue weighted by atomic mass is 10.2. The first kappa shape index (κ1) is 17.2. The van der Waals surface area contributed by atoms with Crippen LogP contribution in [0.3, 0.4) is 0 Å². The summed E-state index contributed by atoms with van der Waals surface area (Å²) in [4.78, 5) is 18.9. The number of halogens is 1. The van der Waals surface area contributed by atoms with Crippen LogP contribution in [-0.4, -0.2) is 41.5 Å². The molecular weight excluding hydrogens is 346 g/mol. The van der Waals surface area contributed by atoms with Crippen molar-refractivity contribution in [2.24, 2.45) is 0 Å². The molecule has 128 valence electrons.